The van der Waals surface area contributed by atoms with Gasteiger partial charge in [-0.1, -0.05) is 36.8 Å². The Morgan fingerprint density at radius 2 is 1.82 bits per heavy atom. The molecule has 1 saturated carbocycles. The molecule has 0 N–H and O–H groups in total. The van der Waals surface area contributed by atoms with E-state index in [0.717, 1.165) is 16.2 Å². The van der Waals surface area contributed by atoms with E-state index in [0.29, 0.717) is 0 Å². The number of benzene rings is 1. The quantitative estimate of drug-likeness (QED) is 0.725. The fourth-order valence-electron chi connectivity index (χ4n) is 2.36. The van der Waals surface area contributed by atoms with Gasteiger partial charge < -0.3 is 0 Å². The third-order valence-corrected chi connectivity index (χ3v) is 3.94. The van der Waals surface area contributed by atoms with E-state index in [4.69, 9.17) is 0 Å². The van der Waals surface area contributed by atoms with Crippen molar-refractivity contribution < 1.29 is 0 Å². The smallest absolute Gasteiger partial charge is 0.106 e. The van der Waals surface area contributed by atoms with E-state index < -0.39 is 0 Å². The highest BCUT2D eigenvalue weighted by Gasteiger charge is 2.22. The minimum absolute atomic E-state index is 0.743. The summed E-state index contributed by atoms with van der Waals surface area (Å²) in [6.07, 6.45) is 4.01. The molecule has 0 aliphatic heterocycles. The third-order valence-electron chi connectivity index (χ3n) is 3.50. The van der Waals surface area contributed by atoms with Gasteiger partial charge in [0.1, 0.15) is 4.60 Å². The van der Waals surface area contributed by atoms with Gasteiger partial charge in [0.05, 0.1) is 5.69 Å². The van der Waals surface area contributed by atoms with E-state index in [9.17, 15) is 0 Å². The molecule has 0 atom stereocenters. The van der Waals surface area contributed by atoms with E-state index in [2.05, 4.69) is 51.2 Å². The van der Waals surface area contributed by atoms with Crippen molar-refractivity contribution in [1.29, 1.82) is 0 Å². The summed E-state index contributed by atoms with van der Waals surface area (Å²) >= 11 is 3.44. The fraction of sp³-hybridized carbons (Fsp3) is 0.267. The van der Waals surface area contributed by atoms with Crippen LogP contribution in [0.4, 0.5) is 0 Å². The predicted octanol–water partition coefficient (Wildman–Crippen LogP) is 4.78. The minimum atomic E-state index is 0.743. The topological polar surface area (TPSA) is 12.9 Å². The highest BCUT2D eigenvalue weighted by molar-refractivity contribution is 9.10. The maximum Gasteiger partial charge on any atom is 0.106 e. The second-order valence-corrected chi connectivity index (χ2v) is 5.37. The van der Waals surface area contributed by atoms with Crippen molar-refractivity contribution in [1.82, 2.24) is 4.98 Å². The molecule has 0 unspecified atom stereocenters. The highest BCUT2D eigenvalue weighted by Crippen LogP contribution is 2.40. The molecular formula is C15H14BrN. The van der Waals surface area contributed by atoms with Crippen molar-refractivity contribution in [2.75, 3.05) is 0 Å². The van der Waals surface area contributed by atoms with Crippen molar-refractivity contribution in [3.63, 3.8) is 0 Å². The number of nitrogens with zero attached hydrogens (tertiary/aromatic N) is 1. The second-order valence-electron chi connectivity index (χ2n) is 4.56. The molecule has 0 saturated heterocycles. The van der Waals surface area contributed by atoms with Gasteiger partial charge in [-0.15, -0.1) is 0 Å². The fourth-order valence-corrected chi connectivity index (χ4v) is 2.71. The summed E-state index contributed by atoms with van der Waals surface area (Å²) in [5, 5.41) is 0. The van der Waals surface area contributed by atoms with Crippen LogP contribution in [0, 0.1) is 0 Å². The van der Waals surface area contributed by atoms with Crippen molar-refractivity contribution in [3.8, 4) is 11.3 Å². The van der Waals surface area contributed by atoms with Crippen LogP contribution in [0.2, 0.25) is 0 Å². The van der Waals surface area contributed by atoms with E-state index in [1.807, 2.05) is 12.1 Å². The molecule has 1 aliphatic carbocycles. The zero-order chi connectivity index (χ0) is 11.7. The summed E-state index contributed by atoms with van der Waals surface area (Å²) in [6.45, 7) is 0. The average Bonchev–Trinajstić information content (AvgIpc) is 2.27. The lowest BCUT2D eigenvalue weighted by Gasteiger charge is -2.27. The van der Waals surface area contributed by atoms with Crippen LogP contribution >= 0.6 is 15.9 Å². The van der Waals surface area contributed by atoms with Crippen molar-refractivity contribution in [3.05, 3.63) is 52.6 Å². The Balaban J connectivity index is 2.07. The molecular weight excluding hydrogens is 274 g/mol. The first-order valence-corrected chi connectivity index (χ1v) is 6.86. The third kappa shape index (κ3) is 2.14. The number of hydrogen-bond acceptors (Lipinski definition) is 1. The normalized spacial score (nSPS) is 15.6. The first-order valence-electron chi connectivity index (χ1n) is 6.06. The molecule has 0 spiro atoms. The molecule has 1 heterocycles. The first kappa shape index (κ1) is 11.0. The van der Waals surface area contributed by atoms with Gasteiger partial charge in [0.25, 0.3) is 0 Å². The van der Waals surface area contributed by atoms with Gasteiger partial charge in [-0.2, -0.15) is 0 Å². The largest absolute Gasteiger partial charge is 0.241 e. The van der Waals surface area contributed by atoms with E-state index in [1.165, 1.54) is 30.4 Å². The Morgan fingerprint density at radius 3 is 2.53 bits per heavy atom. The maximum absolute atomic E-state index is 4.56. The number of halogens is 1. The van der Waals surface area contributed by atoms with E-state index >= 15 is 0 Å². The Hall–Kier alpha value is -1.15. The Bertz CT molecular complexity index is 532. The van der Waals surface area contributed by atoms with Crippen LogP contribution in [0.5, 0.6) is 0 Å². The molecule has 1 nitrogen and oxygen atoms in total. The number of hydrogen-bond donors (Lipinski definition) is 0. The lowest BCUT2D eigenvalue weighted by atomic mass is 9.78. The van der Waals surface area contributed by atoms with Gasteiger partial charge in [0.15, 0.2) is 0 Å². The van der Waals surface area contributed by atoms with Gasteiger partial charge in [0, 0.05) is 5.56 Å². The average molecular weight is 288 g/mol. The Morgan fingerprint density at radius 1 is 1.00 bits per heavy atom. The van der Waals surface area contributed by atoms with Gasteiger partial charge in [-0.05, 0) is 52.4 Å². The van der Waals surface area contributed by atoms with Crippen LogP contribution in [-0.2, 0) is 0 Å². The summed E-state index contributed by atoms with van der Waals surface area (Å²) in [4.78, 5) is 4.56. The molecule has 1 aromatic carbocycles. The molecule has 2 aromatic rings. The molecule has 1 fully saturated rings. The zero-order valence-electron chi connectivity index (χ0n) is 9.57. The SMILES string of the molecule is Brc1cccc(-c2ccccc2C2CCC2)n1. The van der Waals surface area contributed by atoms with Crippen molar-refractivity contribution in [2.45, 2.75) is 25.2 Å². The molecule has 2 heteroatoms. The van der Waals surface area contributed by atoms with Crippen LogP contribution in [0.1, 0.15) is 30.7 Å². The summed E-state index contributed by atoms with van der Waals surface area (Å²) in [7, 11) is 0. The van der Waals surface area contributed by atoms with Crippen molar-refractivity contribution in [2.24, 2.45) is 0 Å². The lowest BCUT2D eigenvalue weighted by Crippen LogP contribution is -2.10. The minimum Gasteiger partial charge on any atom is -0.241 e. The summed E-state index contributed by atoms with van der Waals surface area (Å²) in [5.74, 6) is 0.743. The summed E-state index contributed by atoms with van der Waals surface area (Å²) in [5.41, 5.74) is 3.82. The number of rotatable bonds is 2. The standard InChI is InChI=1S/C15H14BrN/c16-15-10-4-9-14(17-15)13-8-2-1-7-12(13)11-5-3-6-11/h1-2,4,7-11H,3,5-6H2. The lowest BCUT2D eigenvalue weighted by molar-refractivity contribution is 0.420. The molecule has 0 amide bonds. The number of pyridine rings is 1. The van der Waals surface area contributed by atoms with Gasteiger partial charge in [-0.3, -0.25) is 0 Å². The van der Waals surface area contributed by atoms with Gasteiger partial charge in [0.2, 0.25) is 0 Å². The highest BCUT2D eigenvalue weighted by atomic mass is 79.9. The van der Waals surface area contributed by atoms with Gasteiger partial charge >= 0.3 is 0 Å². The van der Waals surface area contributed by atoms with Crippen LogP contribution in [0.3, 0.4) is 0 Å². The predicted molar refractivity (Wildman–Crippen MR) is 74.0 cm³/mol. The summed E-state index contributed by atoms with van der Waals surface area (Å²) in [6, 6.07) is 14.8. The monoisotopic (exact) mass is 287 g/mol. The van der Waals surface area contributed by atoms with Crippen LogP contribution in [0.15, 0.2) is 47.1 Å². The molecule has 1 aromatic heterocycles. The summed E-state index contributed by atoms with van der Waals surface area (Å²) < 4.78 is 0.901. The molecule has 3 rings (SSSR count). The molecule has 86 valence electrons. The van der Waals surface area contributed by atoms with E-state index in [1.54, 1.807) is 0 Å². The molecule has 1 aliphatic rings. The van der Waals surface area contributed by atoms with Gasteiger partial charge in [-0.25, -0.2) is 4.98 Å². The van der Waals surface area contributed by atoms with Crippen molar-refractivity contribution >= 4 is 15.9 Å². The first-order chi connectivity index (χ1) is 8.34. The number of aromatic nitrogens is 1. The molecule has 17 heavy (non-hydrogen) atoms. The Kier molecular flexibility index (Phi) is 2.98. The van der Waals surface area contributed by atoms with E-state index in [-0.39, 0.29) is 0 Å². The maximum atomic E-state index is 4.56. The van der Waals surface area contributed by atoms with Crippen LogP contribution in [0.25, 0.3) is 11.3 Å². The second kappa shape index (κ2) is 4.61. The van der Waals surface area contributed by atoms with Crippen LogP contribution in [-0.4, -0.2) is 4.98 Å². The molecule has 0 radical (unpaired) electrons. The zero-order valence-corrected chi connectivity index (χ0v) is 11.2. The Labute approximate surface area is 110 Å². The van der Waals surface area contributed by atoms with Crippen LogP contribution < -0.4 is 0 Å². The molecule has 0 bridgehead atoms.